The Morgan fingerprint density at radius 3 is 2.55 bits per heavy atom. The van der Waals surface area contributed by atoms with Crippen molar-refractivity contribution < 1.29 is 4.79 Å². The Morgan fingerprint density at radius 1 is 1.25 bits per heavy atom. The summed E-state index contributed by atoms with van der Waals surface area (Å²) in [5.74, 6) is -0.211. The van der Waals surface area contributed by atoms with E-state index in [0.29, 0.717) is 6.54 Å². The van der Waals surface area contributed by atoms with Gasteiger partial charge >= 0.3 is 0 Å². The molecule has 1 amide bonds. The van der Waals surface area contributed by atoms with Crippen molar-refractivity contribution in [3.63, 3.8) is 0 Å². The summed E-state index contributed by atoms with van der Waals surface area (Å²) in [6.45, 7) is 4.40. The van der Waals surface area contributed by atoms with Crippen LogP contribution in [0, 0.1) is 6.92 Å². The normalized spacial score (nSPS) is 10.3. The van der Waals surface area contributed by atoms with Crippen molar-refractivity contribution in [2.45, 2.75) is 13.8 Å². The number of aromatic nitrogens is 2. The van der Waals surface area contributed by atoms with Gasteiger partial charge in [0, 0.05) is 25.3 Å². The molecule has 0 N–H and O–H groups in total. The minimum absolute atomic E-state index is 0.211. The molecular weight excluding hydrogens is 254 g/mol. The number of aryl methyl sites for hydroxylation is 2. The Kier molecular flexibility index (Phi) is 3.98. The maximum Gasteiger partial charge on any atom is 0.278 e. The Hall–Kier alpha value is -2.43. The molecule has 0 aliphatic heterocycles. The number of carbonyl (C=O) groups is 1. The summed E-state index contributed by atoms with van der Waals surface area (Å²) in [4.78, 5) is 25.5. The number of hydrogen-bond donors (Lipinski definition) is 0. The summed E-state index contributed by atoms with van der Waals surface area (Å²) in [6, 6.07) is 10.5. The predicted octanol–water partition coefficient (Wildman–Crippen LogP) is 1.76. The molecule has 2 rings (SSSR count). The van der Waals surface area contributed by atoms with Gasteiger partial charge in [0.1, 0.15) is 5.69 Å². The molecule has 0 unspecified atom stereocenters. The van der Waals surface area contributed by atoms with E-state index < -0.39 is 0 Å². The smallest absolute Gasteiger partial charge is 0.278 e. The van der Waals surface area contributed by atoms with Crippen LogP contribution >= 0.6 is 0 Å². The molecule has 0 atom stereocenters. The molecule has 0 spiro atoms. The number of benzene rings is 1. The molecule has 0 fully saturated rings. The van der Waals surface area contributed by atoms with Gasteiger partial charge in [0.05, 0.1) is 0 Å². The lowest BCUT2D eigenvalue weighted by Crippen LogP contribution is -2.33. The van der Waals surface area contributed by atoms with Crippen molar-refractivity contribution in [3.05, 3.63) is 58.0 Å². The second-order valence-electron chi connectivity index (χ2n) is 4.52. The third-order valence-corrected chi connectivity index (χ3v) is 3.15. The highest BCUT2D eigenvalue weighted by atomic mass is 16.2. The summed E-state index contributed by atoms with van der Waals surface area (Å²) in [5.41, 5.74) is 1.90. The standard InChI is InChI=1S/C15H17N3O2/c1-4-18(13-8-6-5-7-11(13)2)15(20)12-9-10-14(19)17(3)16-12/h5-10H,4H2,1-3H3. The molecule has 0 saturated heterocycles. The zero-order valence-electron chi connectivity index (χ0n) is 11.8. The van der Waals surface area contributed by atoms with Crippen molar-refractivity contribution >= 4 is 11.6 Å². The van der Waals surface area contributed by atoms with Gasteiger partial charge in [-0.05, 0) is 31.5 Å². The van der Waals surface area contributed by atoms with E-state index in [9.17, 15) is 9.59 Å². The first-order chi connectivity index (χ1) is 9.54. The molecular formula is C15H17N3O2. The summed E-state index contributed by atoms with van der Waals surface area (Å²) in [6.07, 6.45) is 0. The molecule has 0 saturated carbocycles. The second-order valence-corrected chi connectivity index (χ2v) is 4.52. The quantitative estimate of drug-likeness (QED) is 0.854. The van der Waals surface area contributed by atoms with Crippen molar-refractivity contribution in [3.8, 4) is 0 Å². The SMILES string of the molecule is CCN(C(=O)c1ccc(=O)n(C)n1)c1ccccc1C. The van der Waals surface area contributed by atoms with Crippen LogP contribution in [0.15, 0.2) is 41.2 Å². The van der Waals surface area contributed by atoms with Crippen LogP contribution < -0.4 is 10.5 Å². The lowest BCUT2D eigenvalue weighted by atomic mass is 10.1. The van der Waals surface area contributed by atoms with E-state index in [1.807, 2.05) is 38.1 Å². The van der Waals surface area contributed by atoms with Gasteiger partial charge in [-0.3, -0.25) is 9.59 Å². The fourth-order valence-corrected chi connectivity index (χ4v) is 2.04. The van der Waals surface area contributed by atoms with Crippen LogP contribution in [0.5, 0.6) is 0 Å². The second kappa shape index (κ2) is 5.69. The van der Waals surface area contributed by atoms with E-state index in [-0.39, 0.29) is 17.2 Å². The highest BCUT2D eigenvalue weighted by Crippen LogP contribution is 2.20. The van der Waals surface area contributed by atoms with E-state index >= 15 is 0 Å². The average Bonchev–Trinajstić information content (AvgIpc) is 2.44. The molecule has 5 nitrogen and oxygen atoms in total. The van der Waals surface area contributed by atoms with Gasteiger partial charge < -0.3 is 4.90 Å². The van der Waals surface area contributed by atoms with Crippen molar-refractivity contribution in [2.75, 3.05) is 11.4 Å². The summed E-state index contributed by atoms with van der Waals surface area (Å²) in [5, 5.41) is 4.01. The van der Waals surface area contributed by atoms with E-state index in [4.69, 9.17) is 0 Å². The van der Waals surface area contributed by atoms with Gasteiger partial charge in [-0.2, -0.15) is 5.10 Å². The van der Waals surface area contributed by atoms with Crippen LogP contribution in [0.25, 0.3) is 0 Å². The maximum absolute atomic E-state index is 12.5. The van der Waals surface area contributed by atoms with Gasteiger partial charge in [-0.1, -0.05) is 18.2 Å². The largest absolute Gasteiger partial charge is 0.307 e. The number of amides is 1. The molecule has 0 bridgehead atoms. The molecule has 2 aromatic rings. The minimum atomic E-state index is -0.236. The van der Waals surface area contributed by atoms with E-state index in [1.165, 1.54) is 23.9 Å². The number of para-hydroxylation sites is 1. The van der Waals surface area contributed by atoms with Gasteiger partial charge in [0.25, 0.3) is 11.5 Å². The molecule has 1 heterocycles. The van der Waals surface area contributed by atoms with E-state index in [2.05, 4.69) is 5.10 Å². The third kappa shape index (κ3) is 2.61. The van der Waals surface area contributed by atoms with Crippen LogP contribution in [0.1, 0.15) is 23.0 Å². The van der Waals surface area contributed by atoms with E-state index in [0.717, 1.165) is 11.3 Å². The Balaban J connectivity index is 2.41. The number of nitrogens with zero attached hydrogens (tertiary/aromatic N) is 3. The summed E-state index contributed by atoms with van der Waals surface area (Å²) in [7, 11) is 1.53. The number of rotatable bonds is 3. The Bertz CT molecular complexity index is 692. The van der Waals surface area contributed by atoms with Gasteiger partial charge in [-0.25, -0.2) is 4.68 Å². The van der Waals surface area contributed by atoms with Gasteiger partial charge in [-0.15, -0.1) is 0 Å². The topological polar surface area (TPSA) is 55.2 Å². The van der Waals surface area contributed by atoms with Crippen LogP contribution in [0.4, 0.5) is 5.69 Å². The molecule has 0 radical (unpaired) electrons. The molecule has 1 aromatic carbocycles. The lowest BCUT2D eigenvalue weighted by molar-refractivity contribution is 0.0981. The number of hydrogen-bond acceptors (Lipinski definition) is 3. The zero-order valence-corrected chi connectivity index (χ0v) is 11.8. The molecule has 20 heavy (non-hydrogen) atoms. The predicted molar refractivity (Wildman–Crippen MR) is 78.0 cm³/mol. The monoisotopic (exact) mass is 271 g/mol. The third-order valence-electron chi connectivity index (χ3n) is 3.15. The van der Waals surface area contributed by atoms with Crippen LogP contribution in [-0.2, 0) is 7.05 Å². The molecule has 1 aromatic heterocycles. The van der Waals surface area contributed by atoms with Crippen molar-refractivity contribution in [2.24, 2.45) is 7.05 Å². The highest BCUT2D eigenvalue weighted by Gasteiger charge is 2.19. The van der Waals surface area contributed by atoms with Crippen molar-refractivity contribution in [1.29, 1.82) is 0 Å². The van der Waals surface area contributed by atoms with Gasteiger partial charge in [0.2, 0.25) is 0 Å². The summed E-state index contributed by atoms with van der Waals surface area (Å²) < 4.78 is 1.17. The molecule has 0 aliphatic carbocycles. The molecule has 104 valence electrons. The zero-order chi connectivity index (χ0) is 14.7. The molecule has 0 aliphatic rings. The fraction of sp³-hybridized carbons (Fsp3) is 0.267. The van der Waals surface area contributed by atoms with Crippen LogP contribution in [0.2, 0.25) is 0 Å². The fourth-order valence-electron chi connectivity index (χ4n) is 2.04. The minimum Gasteiger partial charge on any atom is -0.307 e. The maximum atomic E-state index is 12.5. The van der Waals surface area contributed by atoms with Crippen LogP contribution in [-0.4, -0.2) is 22.2 Å². The molecule has 5 heteroatoms. The average molecular weight is 271 g/mol. The first-order valence-corrected chi connectivity index (χ1v) is 6.46. The first kappa shape index (κ1) is 14.0. The summed E-state index contributed by atoms with van der Waals surface area (Å²) >= 11 is 0. The lowest BCUT2D eigenvalue weighted by Gasteiger charge is -2.22. The van der Waals surface area contributed by atoms with E-state index in [1.54, 1.807) is 4.90 Å². The van der Waals surface area contributed by atoms with Crippen LogP contribution in [0.3, 0.4) is 0 Å². The number of carbonyl (C=O) groups excluding carboxylic acids is 1. The Morgan fingerprint density at radius 2 is 1.95 bits per heavy atom. The van der Waals surface area contributed by atoms with Gasteiger partial charge in [0.15, 0.2) is 0 Å². The Labute approximate surface area is 117 Å². The van der Waals surface area contributed by atoms with Crippen molar-refractivity contribution in [1.82, 2.24) is 9.78 Å². The first-order valence-electron chi connectivity index (χ1n) is 6.46. The highest BCUT2D eigenvalue weighted by molar-refractivity contribution is 6.05. The number of anilines is 1.